The summed E-state index contributed by atoms with van der Waals surface area (Å²) < 4.78 is 22.3. The quantitative estimate of drug-likeness (QED) is 0.0371. The first-order valence-electron chi connectivity index (χ1n) is 27.7. The molecule has 0 bridgehead atoms. The van der Waals surface area contributed by atoms with Gasteiger partial charge in [0.15, 0.2) is 0 Å². The lowest BCUT2D eigenvalue weighted by Gasteiger charge is -2.22. The van der Waals surface area contributed by atoms with Crippen molar-refractivity contribution in [2.24, 2.45) is 5.92 Å². The first kappa shape index (κ1) is 64.3. The van der Waals surface area contributed by atoms with E-state index in [4.69, 9.17) is 76.3 Å². The smallest absolute Gasteiger partial charge is 0.231 e. The highest BCUT2D eigenvalue weighted by molar-refractivity contribution is 6.13. The minimum absolute atomic E-state index is 0.00996. The summed E-state index contributed by atoms with van der Waals surface area (Å²) >= 11 is 0. The average molecular weight is 1170 g/mol. The highest BCUT2D eigenvalue weighted by atomic mass is 16.5. The number of hydrogen-bond donors (Lipinski definition) is 10. The molecule has 1 aliphatic carbocycles. The summed E-state index contributed by atoms with van der Waals surface area (Å²) in [5.74, 6) is 4.10. The number of rotatable bonds is 18. The van der Waals surface area contributed by atoms with Crippen molar-refractivity contribution in [3.05, 3.63) is 174 Å². The van der Waals surface area contributed by atoms with E-state index in [0.717, 1.165) is 54.9 Å². The predicted octanol–water partition coefficient (Wildman–Crippen LogP) is 7.55. The number of nitrogen functional groups attached to an aromatic ring is 10. The Morgan fingerprint density at radius 3 is 1.47 bits per heavy atom. The SMILES string of the molecule is CCN(CC)CCOc1cc(N)nc(N)n1.Nc1cc(-c2ccccc2)nc(N)n1.Nc1cc(OCc2ccccc2)cc(N)n1.Nc1cc(OCc2ccccc2)nc(N)n1.Nc1nc(N)c(C(=O)c2ccccc2)c(OCC2CCCCC2)n1. The molecule has 4 aromatic carbocycles. The van der Waals surface area contributed by atoms with Crippen molar-refractivity contribution in [1.29, 1.82) is 0 Å². The number of nitrogens with zero attached hydrogens (tertiary/aromatic N) is 10. The Labute approximate surface area is 499 Å². The molecule has 10 rings (SSSR count). The molecule has 25 heteroatoms. The minimum Gasteiger partial charge on any atom is -0.489 e. The van der Waals surface area contributed by atoms with Crippen molar-refractivity contribution in [2.75, 3.05) is 90.2 Å². The number of ether oxygens (including phenoxy) is 4. The van der Waals surface area contributed by atoms with Crippen LogP contribution in [0, 0.1) is 5.92 Å². The first-order valence-corrected chi connectivity index (χ1v) is 27.7. The molecule has 1 fully saturated rings. The standard InChI is InChI=1S/C18H22N4O2.C12H13N3O.C11H12N4O.C10H19N5O.C10H10N4/c19-16-14(15(23)13-9-5-2-6-10-13)17(22-18(20)21-16)24-11-12-7-3-1-4-8-12;13-11-6-10(7-12(14)15-11)16-8-9-4-2-1-3-5-9;12-9-6-10(15-11(13)14-9)16-7-8-4-2-1-3-5-8;1-3-15(4-2)5-6-16-9-7-8(11)13-10(12)14-9;11-9-6-8(13-10(12)14-9)7-4-2-1-3-5-7/h2,5-6,9-10,12H,1,3-4,7-8,11H2,(H4,19,20,21,22);1-7H,8H2,(H4,13,14,15);1-6H,7H2,(H4,12,13,14,15);7H,3-6H2,1-2H3,(H4,11,12,13,14);1-6H,(H4,11,12,13,14). The van der Waals surface area contributed by atoms with Crippen LogP contribution in [0.5, 0.6) is 23.4 Å². The van der Waals surface area contributed by atoms with E-state index < -0.39 is 0 Å². The third-order valence-corrected chi connectivity index (χ3v) is 12.5. The van der Waals surface area contributed by atoms with Gasteiger partial charge >= 0.3 is 0 Å². The van der Waals surface area contributed by atoms with E-state index in [9.17, 15) is 4.79 Å². The molecule has 0 unspecified atom stereocenters. The van der Waals surface area contributed by atoms with Crippen molar-refractivity contribution in [1.82, 2.24) is 49.8 Å². The van der Waals surface area contributed by atoms with Crippen LogP contribution in [0.3, 0.4) is 0 Å². The maximum Gasteiger partial charge on any atom is 0.231 e. The second kappa shape index (κ2) is 33.9. The van der Waals surface area contributed by atoms with Gasteiger partial charge in [-0.1, -0.05) is 154 Å². The van der Waals surface area contributed by atoms with E-state index in [1.807, 2.05) is 97.1 Å². The molecule has 0 atom stereocenters. The van der Waals surface area contributed by atoms with Crippen LogP contribution < -0.4 is 76.3 Å². The number of aromatic nitrogens is 9. The van der Waals surface area contributed by atoms with Crippen LogP contribution in [0.25, 0.3) is 11.3 Å². The summed E-state index contributed by atoms with van der Waals surface area (Å²) in [6, 6.07) is 46.4. The maximum absolute atomic E-state index is 12.8. The van der Waals surface area contributed by atoms with Crippen LogP contribution in [0.2, 0.25) is 0 Å². The Kier molecular flexibility index (Phi) is 25.4. The molecule has 450 valence electrons. The molecule has 86 heavy (non-hydrogen) atoms. The van der Waals surface area contributed by atoms with Gasteiger partial charge in [-0.15, -0.1) is 0 Å². The van der Waals surface area contributed by atoms with Crippen LogP contribution in [-0.4, -0.2) is 88.4 Å². The van der Waals surface area contributed by atoms with E-state index in [-0.39, 0.29) is 46.8 Å². The van der Waals surface area contributed by atoms with E-state index in [2.05, 4.69) is 63.6 Å². The number of anilines is 10. The normalized spacial score (nSPS) is 11.6. The summed E-state index contributed by atoms with van der Waals surface area (Å²) in [5.41, 5.74) is 60.3. The average Bonchev–Trinajstić information content (AvgIpc) is 2.46. The molecule has 1 saturated carbocycles. The third-order valence-electron chi connectivity index (χ3n) is 12.5. The number of carbonyl (C=O) groups is 1. The van der Waals surface area contributed by atoms with Gasteiger partial charge in [0.05, 0.1) is 12.3 Å². The molecular weight excluding hydrogens is 1090 g/mol. The highest BCUT2D eigenvalue weighted by Crippen LogP contribution is 2.29. The van der Waals surface area contributed by atoms with E-state index in [1.54, 1.807) is 54.6 Å². The Bertz CT molecular complexity index is 3310. The number of likely N-dealkylation sites (N-methyl/N-ethyl adjacent to an activating group) is 1. The molecule has 0 amide bonds. The van der Waals surface area contributed by atoms with Crippen molar-refractivity contribution in [2.45, 2.75) is 59.2 Å². The van der Waals surface area contributed by atoms with E-state index in [0.29, 0.717) is 84.5 Å². The number of carbonyl (C=O) groups excluding carboxylic acids is 1. The van der Waals surface area contributed by atoms with Crippen LogP contribution in [0.4, 0.5) is 58.7 Å². The van der Waals surface area contributed by atoms with Gasteiger partial charge in [-0.05, 0) is 43.0 Å². The Morgan fingerprint density at radius 2 is 0.942 bits per heavy atom. The molecule has 1 aliphatic rings. The fourth-order valence-electron chi connectivity index (χ4n) is 8.31. The predicted molar refractivity (Wildman–Crippen MR) is 339 cm³/mol. The highest BCUT2D eigenvalue weighted by Gasteiger charge is 2.23. The summed E-state index contributed by atoms with van der Waals surface area (Å²) in [6.45, 7) is 9.11. The largest absolute Gasteiger partial charge is 0.489 e. The van der Waals surface area contributed by atoms with Crippen molar-refractivity contribution in [3.8, 4) is 34.6 Å². The summed E-state index contributed by atoms with van der Waals surface area (Å²) in [7, 11) is 0. The zero-order valence-electron chi connectivity index (χ0n) is 48.3. The zero-order valence-corrected chi connectivity index (χ0v) is 48.3. The van der Waals surface area contributed by atoms with Crippen LogP contribution in [-0.2, 0) is 13.2 Å². The lowest BCUT2D eigenvalue weighted by molar-refractivity contribution is 0.103. The third kappa shape index (κ3) is 22.5. The van der Waals surface area contributed by atoms with Crippen molar-refractivity contribution >= 4 is 64.5 Å². The fraction of sp³-hybridized carbons (Fsp3) is 0.246. The van der Waals surface area contributed by atoms with Crippen LogP contribution in [0.15, 0.2) is 152 Å². The lowest BCUT2D eigenvalue weighted by Crippen LogP contribution is -2.28. The topological polar surface area (TPSA) is 433 Å². The second-order valence-electron chi connectivity index (χ2n) is 19.1. The van der Waals surface area contributed by atoms with Gasteiger partial charge in [0.1, 0.15) is 66.0 Å². The molecule has 0 aliphatic heterocycles. The first-order chi connectivity index (χ1) is 41.5. The summed E-state index contributed by atoms with van der Waals surface area (Å²) in [6.07, 6.45) is 5.99. The van der Waals surface area contributed by atoms with Gasteiger partial charge in [-0.25, -0.2) is 9.97 Å². The van der Waals surface area contributed by atoms with E-state index in [1.165, 1.54) is 19.3 Å². The molecular formula is C61H76N20O5. The molecule has 5 heterocycles. The minimum atomic E-state index is -0.258. The number of nitrogens with two attached hydrogens (primary N) is 10. The van der Waals surface area contributed by atoms with Gasteiger partial charge in [0.25, 0.3) is 0 Å². The number of hydrogen-bond acceptors (Lipinski definition) is 25. The molecule has 0 radical (unpaired) electrons. The van der Waals surface area contributed by atoms with Gasteiger partial charge in [0.2, 0.25) is 47.2 Å². The summed E-state index contributed by atoms with van der Waals surface area (Å²) in [5, 5.41) is 0. The van der Waals surface area contributed by atoms with Crippen LogP contribution in [0.1, 0.15) is 73.0 Å². The zero-order chi connectivity index (χ0) is 61.6. The van der Waals surface area contributed by atoms with Crippen LogP contribution >= 0.6 is 0 Å². The number of pyridine rings is 1. The monoisotopic (exact) mass is 1170 g/mol. The van der Waals surface area contributed by atoms with Gasteiger partial charge in [-0.2, -0.15) is 34.9 Å². The van der Waals surface area contributed by atoms with Crippen molar-refractivity contribution < 1.29 is 23.7 Å². The number of ketones is 1. The molecule has 5 aromatic heterocycles. The van der Waals surface area contributed by atoms with Gasteiger partial charge in [0, 0.05) is 48.0 Å². The fourth-order valence-corrected chi connectivity index (χ4v) is 8.31. The molecule has 20 N–H and O–H groups in total. The van der Waals surface area contributed by atoms with Crippen molar-refractivity contribution in [3.63, 3.8) is 0 Å². The second-order valence-corrected chi connectivity index (χ2v) is 19.1. The lowest BCUT2D eigenvalue weighted by atomic mass is 9.90. The van der Waals surface area contributed by atoms with Gasteiger partial charge in [-0.3, -0.25) is 4.79 Å². The van der Waals surface area contributed by atoms with Gasteiger partial charge < -0.3 is 81.2 Å². The molecule has 25 nitrogen and oxygen atoms in total. The molecule has 9 aromatic rings. The Morgan fingerprint density at radius 1 is 0.477 bits per heavy atom. The molecule has 0 spiro atoms. The molecule has 0 saturated heterocycles. The summed E-state index contributed by atoms with van der Waals surface area (Å²) in [4.78, 5) is 50.2. The number of benzene rings is 4. The van der Waals surface area contributed by atoms with E-state index >= 15 is 0 Å². The Hall–Kier alpha value is -10.8. The maximum atomic E-state index is 12.8. The Balaban J connectivity index is 0.000000174.